The van der Waals surface area contributed by atoms with E-state index in [1.807, 2.05) is 36.4 Å². The van der Waals surface area contributed by atoms with Crippen molar-refractivity contribution < 1.29 is 14.6 Å². The Morgan fingerprint density at radius 2 is 2.15 bits per heavy atom. The average Bonchev–Trinajstić information content (AvgIpc) is 2.48. The summed E-state index contributed by atoms with van der Waals surface area (Å²) in [7, 11) is 0. The molecule has 0 aliphatic carbocycles. The normalized spacial score (nSPS) is 20.8. The summed E-state index contributed by atoms with van der Waals surface area (Å²) in [5.41, 5.74) is 0.743. The van der Waals surface area contributed by atoms with Gasteiger partial charge in [-0.1, -0.05) is 24.3 Å². The van der Waals surface area contributed by atoms with Gasteiger partial charge in [0.1, 0.15) is 11.2 Å². The van der Waals surface area contributed by atoms with E-state index >= 15 is 0 Å². The van der Waals surface area contributed by atoms with E-state index in [9.17, 15) is 9.90 Å². The molecule has 2 heterocycles. The van der Waals surface area contributed by atoms with Crippen LogP contribution in [-0.4, -0.2) is 22.7 Å². The molecule has 4 nitrogen and oxygen atoms in total. The molecule has 1 aliphatic rings. The molecule has 20 heavy (non-hydrogen) atoms. The van der Waals surface area contributed by atoms with Crippen LogP contribution in [0.5, 0.6) is 5.75 Å². The second kappa shape index (κ2) is 4.96. The maximum Gasteiger partial charge on any atom is 0.314 e. The maximum atomic E-state index is 12.0. The lowest BCUT2D eigenvalue weighted by Crippen LogP contribution is -2.42. The summed E-state index contributed by atoms with van der Waals surface area (Å²) in [4.78, 5) is 16.0. The molecule has 0 saturated carbocycles. The third-order valence-electron chi connectivity index (χ3n) is 3.83. The summed E-state index contributed by atoms with van der Waals surface area (Å²) in [6.45, 7) is 0.420. The number of fused-ring (bicyclic) bond motifs is 1. The second-order valence-corrected chi connectivity index (χ2v) is 5.02. The molecule has 1 aromatic heterocycles. The molecular weight excluding hydrogens is 254 g/mol. The van der Waals surface area contributed by atoms with Crippen LogP contribution in [0.3, 0.4) is 0 Å². The van der Waals surface area contributed by atoms with Gasteiger partial charge in [-0.3, -0.25) is 9.78 Å². The van der Waals surface area contributed by atoms with E-state index in [-0.39, 0.29) is 0 Å². The third-order valence-corrected chi connectivity index (χ3v) is 3.83. The molecule has 0 amide bonds. The van der Waals surface area contributed by atoms with Gasteiger partial charge in [-0.15, -0.1) is 0 Å². The molecular formula is C16H15NO3. The number of hydrogen-bond donors (Lipinski definition) is 1. The van der Waals surface area contributed by atoms with Crippen LogP contribution < -0.4 is 4.74 Å². The van der Waals surface area contributed by atoms with E-state index in [1.165, 1.54) is 0 Å². The Morgan fingerprint density at radius 3 is 2.90 bits per heavy atom. The zero-order chi connectivity index (χ0) is 14.0. The van der Waals surface area contributed by atoms with Crippen LogP contribution in [0, 0.1) is 0 Å². The molecule has 0 saturated heterocycles. The minimum absolute atomic E-state index is 0.420. The summed E-state index contributed by atoms with van der Waals surface area (Å²) in [5, 5.41) is 9.82. The molecule has 1 aromatic carbocycles. The van der Waals surface area contributed by atoms with Crippen molar-refractivity contribution in [3.8, 4) is 5.75 Å². The number of aliphatic carboxylic acids is 1. The monoisotopic (exact) mass is 269 g/mol. The van der Waals surface area contributed by atoms with Crippen molar-refractivity contribution in [1.82, 2.24) is 4.98 Å². The third kappa shape index (κ3) is 2.03. The van der Waals surface area contributed by atoms with Gasteiger partial charge >= 0.3 is 5.97 Å². The average molecular weight is 269 g/mol. The van der Waals surface area contributed by atoms with Gasteiger partial charge in [0.15, 0.2) is 0 Å². The Hall–Kier alpha value is -2.36. The van der Waals surface area contributed by atoms with Crippen molar-refractivity contribution in [3.05, 3.63) is 59.9 Å². The Morgan fingerprint density at radius 1 is 1.30 bits per heavy atom. The highest BCUT2D eigenvalue weighted by molar-refractivity contribution is 5.83. The Bertz CT molecular complexity index is 627. The van der Waals surface area contributed by atoms with E-state index < -0.39 is 11.4 Å². The molecule has 0 radical (unpaired) electrons. The van der Waals surface area contributed by atoms with Crippen LogP contribution >= 0.6 is 0 Å². The van der Waals surface area contributed by atoms with Gasteiger partial charge in [0.25, 0.3) is 0 Å². The van der Waals surface area contributed by atoms with Gasteiger partial charge in [0.05, 0.1) is 6.61 Å². The van der Waals surface area contributed by atoms with Gasteiger partial charge in [0.2, 0.25) is 0 Å². The van der Waals surface area contributed by atoms with Crippen LogP contribution in [-0.2, 0) is 16.6 Å². The lowest BCUT2D eigenvalue weighted by molar-refractivity contribution is -0.145. The first-order chi connectivity index (χ1) is 9.72. The van der Waals surface area contributed by atoms with E-state index in [0.717, 1.165) is 11.1 Å². The summed E-state index contributed by atoms with van der Waals surface area (Å²) >= 11 is 0. The SMILES string of the molecule is O=C(O)C1(Cc2cccnc2)CCOc2ccccc21. The minimum Gasteiger partial charge on any atom is -0.493 e. The largest absolute Gasteiger partial charge is 0.493 e. The number of carboxylic acid groups (broad SMARTS) is 1. The fourth-order valence-electron chi connectivity index (χ4n) is 2.79. The second-order valence-electron chi connectivity index (χ2n) is 5.02. The maximum absolute atomic E-state index is 12.0. The van der Waals surface area contributed by atoms with Crippen LogP contribution in [0.15, 0.2) is 48.8 Å². The number of aromatic nitrogens is 1. The van der Waals surface area contributed by atoms with Crippen LogP contribution in [0.2, 0.25) is 0 Å². The molecule has 0 fully saturated rings. The summed E-state index contributed by atoms with van der Waals surface area (Å²) in [6, 6.07) is 11.1. The molecule has 1 unspecified atom stereocenters. The van der Waals surface area contributed by atoms with Gasteiger partial charge in [-0.2, -0.15) is 0 Å². The molecule has 0 bridgehead atoms. The summed E-state index contributed by atoms with van der Waals surface area (Å²) < 4.78 is 5.59. The number of carbonyl (C=O) groups is 1. The topological polar surface area (TPSA) is 59.4 Å². The number of hydrogen-bond acceptors (Lipinski definition) is 3. The number of ether oxygens (including phenoxy) is 1. The van der Waals surface area contributed by atoms with Crippen molar-refractivity contribution in [2.75, 3.05) is 6.61 Å². The van der Waals surface area contributed by atoms with E-state index in [1.54, 1.807) is 12.4 Å². The molecule has 2 aromatic rings. The minimum atomic E-state index is -0.933. The quantitative estimate of drug-likeness (QED) is 0.929. The van der Waals surface area contributed by atoms with Crippen molar-refractivity contribution in [1.29, 1.82) is 0 Å². The van der Waals surface area contributed by atoms with Gasteiger partial charge in [-0.05, 0) is 24.1 Å². The highest BCUT2D eigenvalue weighted by Gasteiger charge is 2.44. The molecule has 102 valence electrons. The number of pyridine rings is 1. The Kier molecular flexibility index (Phi) is 3.14. The van der Waals surface area contributed by atoms with E-state index in [4.69, 9.17) is 4.74 Å². The molecule has 4 heteroatoms. The predicted molar refractivity (Wildman–Crippen MR) is 73.8 cm³/mol. The molecule has 3 rings (SSSR count). The number of rotatable bonds is 3. The van der Waals surface area contributed by atoms with Crippen molar-refractivity contribution in [3.63, 3.8) is 0 Å². The number of benzene rings is 1. The highest BCUT2D eigenvalue weighted by Crippen LogP contribution is 2.41. The smallest absolute Gasteiger partial charge is 0.314 e. The first-order valence-electron chi connectivity index (χ1n) is 6.57. The van der Waals surface area contributed by atoms with Gasteiger partial charge in [0, 0.05) is 24.4 Å². The fourth-order valence-corrected chi connectivity index (χ4v) is 2.79. The van der Waals surface area contributed by atoms with E-state index in [2.05, 4.69) is 4.98 Å². The predicted octanol–water partition coefficient (Wildman–Crippen LogP) is 2.43. The van der Waals surface area contributed by atoms with Gasteiger partial charge < -0.3 is 9.84 Å². The standard InChI is InChI=1S/C16H15NO3/c18-15(19)16(10-12-4-3-8-17-11-12)7-9-20-14-6-2-1-5-13(14)16/h1-6,8,11H,7,9-10H2,(H,18,19). The van der Waals surface area contributed by atoms with E-state index in [0.29, 0.717) is 25.2 Å². The molecule has 1 atom stereocenters. The summed E-state index contributed by atoms with van der Waals surface area (Å²) in [6.07, 6.45) is 4.31. The Labute approximate surface area is 117 Å². The number of nitrogens with zero attached hydrogens (tertiary/aromatic N) is 1. The number of carboxylic acids is 1. The zero-order valence-corrected chi connectivity index (χ0v) is 11.0. The lowest BCUT2D eigenvalue weighted by Gasteiger charge is -2.35. The van der Waals surface area contributed by atoms with Gasteiger partial charge in [-0.25, -0.2) is 0 Å². The fraction of sp³-hybridized carbons (Fsp3) is 0.250. The first kappa shape index (κ1) is 12.7. The lowest BCUT2D eigenvalue weighted by atomic mass is 9.72. The molecule has 1 N–H and O–H groups in total. The van der Waals surface area contributed by atoms with Crippen molar-refractivity contribution >= 4 is 5.97 Å². The van der Waals surface area contributed by atoms with Crippen LogP contribution in [0.4, 0.5) is 0 Å². The van der Waals surface area contributed by atoms with Crippen molar-refractivity contribution in [2.45, 2.75) is 18.3 Å². The van der Waals surface area contributed by atoms with Crippen LogP contribution in [0.1, 0.15) is 17.5 Å². The highest BCUT2D eigenvalue weighted by atomic mass is 16.5. The first-order valence-corrected chi connectivity index (χ1v) is 6.57. The zero-order valence-electron chi connectivity index (χ0n) is 11.0. The van der Waals surface area contributed by atoms with Crippen LogP contribution in [0.25, 0.3) is 0 Å². The number of para-hydroxylation sites is 1. The Balaban J connectivity index is 2.08. The molecule has 0 spiro atoms. The van der Waals surface area contributed by atoms with Crippen molar-refractivity contribution in [2.24, 2.45) is 0 Å². The summed E-state index contributed by atoms with van der Waals surface area (Å²) in [5.74, 6) is -0.137. The molecule has 1 aliphatic heterocycles.